The summed E-state index contributed by atoms with van der Waals surface area (Å²) in [6.45, 7) is 6.55. The highest BCUT2D eigenvalue weighted by Gasteiger charge is 2.00. The average Bonchev–Trinajstić information content (AvgIpc) is 2.07. The second-order valence-electron chi connectivity index (χ2n) is 3.48. The van der Waals surface area contributed by atoms with E-state index < -0.39 is 0 Å². The van der Waals surface area contributed by atoms with E-state index in [2.05, 4.69) is 25.2 Å². The standard InChI is InChI=1S/C11H17NO/c1-8-5-4-6-11(10(8)3)12-7-9(2)13/h4-6,9,12-13H,7H2,1-3H3/t9-/m1/s1. The topological polar surface area (TPSA) is 32.3 Å². The number of nitrogens with one attached hydrogen (secondary N) is 1. The third kappa shape index (κ3) is 2.74. The molecule has 0 saturated carbocycles. The lowest BCUT2D eigenvalue weighted by atomic mass is 10.1. The minimum Gasteiger partial charge on any atom is -0.392 e. The Kier molecular flexibility index (Phi) is 3.32. The van der Waals surface area contributed by atoms with E-state index in [1.54, 1.807) is 6.92 Å². The maximum absolute atomic E-state index is 9.11. The molecule has 0 aromatic heterocycles. The van der Waals surface area contributed by atoms with Crippen LogP contribution in [-0.2, 0) is 0 Å². The molecule has 0 bridgehead atoms. The number of hydrogen-bond donors (Lipinski definition) is 2. The van der Waals surface area contributed by atoms with Crippen LogP contribution in [-0.4, -0.2) is 17.8 Å². The first-order valence-electron chi connectivity index (χ1n) is 4.59. The largest absolute Gasteiger partial charge is 0.392 e. The van der Waals surface area contributed by atoms with Crippen molar-refractivity contribution < 1.29 is 5.11 Å². The van der Waals surface area contributed by atoms with Crippen molar-refractivity contribution >= 4 is 5.69 Å². The molecule has 1 atom stereocenters. The minimum absolute atomic E-state index is 0.306. The van der Waals surface area contributed by atoms with Crippen LogP contribution >= 0.6 is 0 Å². The van der Waals surface area contributed by atoms with Gasteiger partial charge in [-0.2, -0.15) is 0 Å². The Morgan fingerprint density at radius 3 is 2.69 bits per heavy atom. The fourth-order valence-corrected chi connectivity index (χ4v) is 1.20. The molecule has 0 radical (unpaired) electrons. The molecule has 1 aromatic rings. The molecular formula is C11H17NO. The second-order valence-corrected chi connectivity index (χ2v) is 3.48. The minimum atomic E-state index is -0.306. The van der Waals surface area contributed by atoms with Gasteiger partial charge in [-0.25, -0.2) is 0 Å². The molecule has 2 N–H and O–H groups in total. The summed E-state index contributed by atoms with van der Waals surface area (Å²) in [5.74, 6) is 0. The van der Waals surface area contributed by atoms with Gasteiger partial charge in [-0.15, -0.1) is 0 Å². The van der Waals surface area contributed by atoms with Crippen LogP contribution in [0.4, 0.5) is 5.69 Å². The molecule has 72 valence electrons. The molecule has 13 heavy (non-hydrogen) atoms. The Bertz CT molecular complexity index is 281. The normalized spacial score (nSPS) is 12.6. The van der Waals surface area contributed by atoms with E-state index in [9.17, 15) is 0 Å². The van der Waals surface area contributed by atoms with E-state index in [4.69, 9.17) is 5.11 Å². The van der Waals surface area contributed by atoms with Crippen LogP contribution < -0.4 is 5.32 Å². The molecule has 1 aromatic carbocycles. The van der Waals surface area contributed by atoms with Crippen molar-refractivity contribution in [3.8, 4) is 0 Å². The van der Waals surface area contributed by atoms with Gasteiger partial charge in [0, 0.05) is 12.2 Å². The number of rotatable bonds is 3. The van der Waals surface area contributed by atoms with E-state index >= 15 is 0 Å². The van der Waals surface area contributed by atoms with Crippen molar-refractivity contribution in [1.29, 1.82) is 0 Å². The predicted molar refractivity (Wildman–Crippen MR) is 56.1 cm³/mol. The zero-order valence-electron chi connectivity index (χ0n) is 8.46. The van der Waals surface area contributed by atoms with Gasteiger partial charge in [0.05, 0.1) is 6.10 Å². The van der Waals surface area contributed by atoms with Crippen LogP contribution in [0.2, 0.25) is 0 Å². The summed E-state index contributed by atoms with van der Waals surface area (Å²) in [4.78, 5) is 0. The Hall–Kier alpha value is -1.02. The highest BCUT2D eigenvalue weighted by molar-refractivity contribution is 5.53. The van der Waals surface area contributed by atoms with E-state index in [1.165, 1.54) is 11.1 Å². The van der Waals surface area contributed by atoms with Crippen LogP contribution in [0.5, 0.6) is 0 Å². The number of aryl methyl sites for hydroxylation is 1. The molecule has 0 aliphatic heterocycles. The van der Waals surface area contributed by atoms with Crippen molar-refractivity contribution in [2.45, 2.75) is 26.9 Å². The fraction of sp³-hybridized carbons (Fsp3) is 0.455. The SMILES string of the molecule is Cc1cccc(NC[C@@H](C)O)c1C. The number of aliphatic hydroxyl groups is 1. The van der Waals surface area contributed by atoms with Gasteiger partial charge in [-0.3, -0.25) is 0 Å². The van der Waals surface area contributed by atoms with Crippen molar-refractivity contribution in [3.05, 3.63) is 29.3 Å². The zero-order valence-corrected chi connectivity index (χ0v) is 8.46. The van der Waals surface area contributed by atoms with Crippen LogP contribution in [0.25, 0.3) is 0 Å². The van der Waals surface area contributed by atoms with E-state index in [0.717, 1.165) is 5.69 Å². The molecule has 0 heterocycles. The monoisotopic (exact) mass is 179 g/mol. The average molecular weight is 179 g/mol. The van der Waals surface area contributed by atoms with Crippen LogP contribution in [0.3, 0.4) is 0 Å². The van der Waals surface area contributed by atoms with E-state index in [0.29, 0.717) is 6.54 Å². The van der Waals surface area contributed by atoms with Gasteiger partial charge in [0.1, 0.15) is 0 Å². The first kappa shape index (κ1) is 10.1. The fourth-order valence-electron chi connectivity index (χ4n) is 1.20. The van der Waals surface area contributed by atoms with Crippen molar-refractivity contribution in [3.63, 3.8) is 0 Å². The maximum atomic E-state index is 9.11. The maximum Gasteiger partial charge on any atom is 0.0684 e. The zero-order chi connectivity index (χ0) is 9.84. The first-order chi connectivity index (χ1) is 6.11. The molecule has 0 spiro atoms. The Labute approximate surface area is 79.6 Å². The summed E-state index contributed by atoms with van der Waals surface area (Å²) in [7, 11) is 0. The smallest absolute Gasteiger partial charge is 0.0684 e. The highest BCUT2D eigenvalue weighted by atomic mass is 16.3. The van der Waals surface area contributed by atoms with E-state index in [1.807, 2.05) is 12.1 Å². The van der Waals surface area contributed by atoms with Gasteiger partial charge in [0.15, 0.2) is 0 Å². The molecule has 0 fully saturated rings. The van der Waals surface area contributed by atoms with Crippen LogP contribution in [0.15, 0.2) is 18.2 Å². The summed E-state index contributed by atoms with van der Waals surface area (Å²) < 4.78 is 0. The quantitative estimate of drug-likeness (QED) is 0.744. The molecule has 0 aliphatic carbocycles. The van der Waals surface area contributed by atoms with Gasteiger partial charge in [-0.05, 0) is 38.0 Å². The molecule has 2 heteroatoms. The lowest BCUT2D eigenvalue weighted by molar-refractivity contribution is 0.208. The third-order valence-electron chi connectivity index (χ3n) is 2.19. The van der Waals surface area contributed by atoms with Gasteiger partial charge in [0.2, 0.25) is 0 Å². The lowest BCUT2D eigenvalue weighted by Gasteiger charge is -2.12. The van der Waals surface area contributed by atoms with Crippen LogP contribution in [0.1, 0.15) is 18.1 Å². The summed E-state index contributed by atoms with van der Waals surface area (Å²) in [6.07, 6.45) is -0.306. The number of benzene rings is 1. The summed E-state index contributed by atoms with van der Waals surface area (Å²) in [5.41, 5.74) is 3.64. The van der Waals surface area contributed by atoms with Gasteiger partial charge in [-0.1, -0.05) is 12.1 Å². The Morgan fingerprint density at radius 1 is 1.38 bits per heavy atom. The summed E-state index contributed by atoms with van der Waals surface area (Å²) in [5, 5.41) is 12.3. The molecule has 1 rings (SSSR count). The van der Waals surface area contributed by atoms with Crippen LogP contribution in [0, 0.1) is 13.8 Å². The number of hydrogen-bond acceptors (Lipinski definition) is 2. The lowest BCUT2D eigenvalue weighted by Crippen LogP contribution is -2.15. The van der Waals surface area contributed by atoms with Gasteiger partial charge < -0.3 is 10.4 Å². The highest BCUT2D eigenvalue weighted by Crippen LogP contribution is 2.17. The first-order valence-corrected chi connectivity index (χ1v) is 4.59. The summed E-state index contributed by atoms with van der Waals surface area (Å²) >= 11 is 0. The van der Waals surface area contributed by atoms with Gasteiger partial charge in [0.25, 0.3) is 0 Å². The summed E-state index contributed by atoms with van der Waals surface area (Å²) in [6, 6.07) is 6.14. The Morgan fingerprint density at radius 2 is 2.08 bits per heavy atom. The number of aliphatic hydroxyl groups excluding tert-OH is 1. The number of anilines is 1. The molecule has 0 saturated heterocycles. The van der Waals surface area contributed by atoms with E-state index in [-0.39, 0.29) is 6.10 Å². The van der Waals surface area contributed by atoms with Crippen molar-refractivity contribution in [1.82, 2.24) is 0 Å². The second kappa shape index (κ2) is 4.28. The predicted octanol–water partition coefficient (Wildman–Crippen LogP) is 2.10. The molecule has 0 aliphatic rings. The molecular weight excluding hydrogens is 162 g/mol. The Balaban J connectivity index is 2.71. The molecule has 0 unspecified atom stereocenters. The van der Waals surface area contributed by atoms with Crippen molar-refractivity contribution in [2.24, 2.45) is 0 Å². The van der Waals surface area contributed by atoms with Gasteiger partial charge >= 0.3 is 0 Å². The molecule has 2 nitrogen and oxygen atoms in total. The molecule has 0 amide bonds. The third-order valence-corrected chi connectivity index (χ3v) is 2.19. The van der Waals surface area contributed by atoms with Crippen molar-refractivity contribution in [2.75, 3.05) is 11.9 Å².